The number of fused-ring (bicyclic) bond motifs is 1. The molecule has 3 N–H and O–H groups in total. The van der Waals surface area contributed by atoms with Crippen LogP contribution >= 0.6 is 0 Å². The van der Waals surface area contributed by atoms with Crippen molar-refractivity contribution in [3.63, 3.8) is 0 Å². The van der Waals surface area contributed by atoms with Gasteiger partial charge in [0.15, 0.2) is 11.6 Å². The van der Waals surface area contributed by atoms with E-state index in [4.69, 9.17) is 9.47 Å². The molecule has 9 nitrogen and oxygen atoms in total. The lowest BCUT2D eigenvalue weighted by atomic mass is 10.0. The quantitative estimate of drug-likeness (QED) is 0.463. The Labute approximate surface area is 207 Å². The normalized spacial score (nSPS) is 19.5. The second-order valence-electron chi connectivity index (χ2n) is 9.52. The third-order valence-corrected chi connectivity index (χ3v) is 6.87. The van der Waals surface area contributed by atoms with Gasteiger partial charge in [-0.1, -0.05) is 0 Å². The molecule has 2 atom stereocenters. The summed E-state index contributed by atoms with van der Waals surface area (Å²) in [6.07, 6.45) is 2.93. The third kappa shape index (κ3) is 4.48. The molecule has 190 valence electrons. The molecule has 1 saturated heterocycles. The Morgan fingerprint density at radius 2 is 2.03 bits per heavy atom. The molecule has 5 rings (SSSR count). The lowest BCUT2D eigenvalue weighted by Crippen LogP contribution is -2.43. The van der Waals surface area contributed by atoms with Crippen LogP contribution in [-0.2, 0) is 4.79 Å². The van der Waals surface area contributed by atoms with Crippen LogP contribution in [0.5, 0.6) is 11.5 Å². The first kappa shape index (κ1) is 24.1. The molecule has 0 spiro atoms. The number of aryl methyl sites for hydroxylation is 1. The van der Waals surface area contributed by atoms with Crippen LogP contribution in [0.2, 0.25) is 0 Å². The number of amides is 2. The highest BCUT2D eigenvalue weighted by Crippen LogP contribution is 2.40. The largest absolute Gasteiger partial charge is 0.494 e. The zero-order chi connectivity index (χ0) is 25.6. The zero-order valence-electron chi connectivity index (χ0n) is 20.4. The number of hydrogen-bond donors (Lipinski definition) is 3. The van der Waals surface area contributed by atoms with Crippen molar-refractivity contribution in [2.45, 2.75) is 38.8 Å². The van der Waals surface area contributed by atoms with Crippen molar-refractivity contribution in [3.05, 3.63) is 41.5 Å². The van der Waals surface area contributed by atoms with Gasteiger partial charge in [-0.15, -0.1) is 0 Å². The summed E-state index contributed by atoms with van der Waals surface area (Å²) in [5.41, 5.74) is 3.28. The molecule has 0 unspecified atom stereocenters. The number of hydrogen-bond acceptors (Lipinski definition) is 6. The fourth-order valence-corrected chi connectivity index (χ4v) is 4.65. The van der Waals surface area contributed by atoms with Crippen molar-refractivity contribution in [2.24, 2.45) is 5.92 Å². The number of halogens is 1. The van der Waals surface area contributed by atoms with Gasteiger partial charge in [0.05, 0.1) is 36.9 Å². The van der Waals surface area contributed by atoms with Gasteiger partial charge in [0.25, 0.3) is 5.91 Å². The first-order chi connectivity index (χ1) is 17.3. The number of carbonyl (C=O) groups excluding carboxylic acids is 2. The molecule has 1 aliphatic heterocycles. The van der Waals surface area contributed by atoms with E-state index in [2.05, 4.69) is 15.3 Å². The Morgan fingerprint density at radius 1 is 1.25 bits per heavy atom. The summed E-state index contributed by atoms with van der Waals surface area (Å²) in [4.78, 5) is 34.2. The maximum atomic E-state index is 14.6. The van der Waals surface area contributed by atoms with Crippen molar-refractivity contribution < 1.29 is 28.6 Å². The van der Waals surface area contributed by atoms with Gasteiger partial charge in [-0.3, -0.25) is 14.6 Å². The number of pyridine rings is 1. The number of nitrogens with one attached hydrogen (secondary N) is 2. The third-order valence-electron chi connectivity index (χ3n) is 6.87. The van der Waals surface area contributed by atoms with Crippen LogP contribution in [0.15, 0.2) is 24.4 Å². The number of nitrogens with zero attached hydrogens (tertiary/aromatic N) is 2. The van der Waals surface area contributed by atoms with E-state index in [0.717, 1.165) is 12.8 Å². The standard InChI is InChI=1S/C26H29FN4O5/c1-13-23(26(34)30-19-10-31(14(2)32)11-20(19)33)25-24(29-13)16(6-7-28-25)17-8-22(35-3)18(27)9-21(17)36-12-15-4-5-15/h6-9,15,19-20,29,33H,4-5,10-12H2,1-3H3,(H,30,34)/t19-,20-/m1/s1. The van der Waals surface area contributed by atoms with E-state index in [1.54, 1.807) is 25.3 Å². The first-order valence-electron chi connectivity index (χ1n) is 12.0. The van der Waals surface area contributed by atoms with E-state index in [-0.39, 0.29) is 24.7 Å². The summed E-state index contributed by atoms with van der Waals surface area (Å²) in [5, 5.41) is 13.2. The number of β-amino-alcohol motifs (C(OH)–C–C–N with tert-alkyl or cyclic N) is 1. The molecule has 1 aliphatic carbocycles. The average Bonchev–Trinajstić information content (AvgIpc) is 3.51. The fraction of sp³-hybridized carbons (Fsp3) is 0.423. The number of methoxy groups -OCH3 is 1. The van der Waals surface area contributed by atoms with Crippen LogP contribution in [0.4, 0.5) is 4.39 Å². The van der Waals surface area contributed by atoms with Gasteiger partial charge < -0.3 is 29.8 Å². The molecule has 2 aromatic heterocycles. The highest BCUT2D eigenvalue weighted by Gasteiger charge is 2.35. The molecule has 10 heteroatoms. The number of aromatic nitrogens is 2. The molecule has 1 aromatic carbocycles. The van der Waals surface area contributed by atoms with Gasteiger partial charge in [0, 0.05) is 49.1 Å². The van der Waals surface area contributed by atoms with Gasteiger partial charge in [0.1, 0.15) is 11.3 Å². The van der Waals surface area contributed by atoms with E-state index in [0.29, 0.717) is 51.7 Å². The maximum absolute atomic E-state index is 14.6. The predicted octanol–water partition coefficient (Wildman–Crippen LogP) is 2.80. The minimum atomic E-state index is -0.857. The number of carbonyl (C=O) groups is 2. The second kappa shape index (κ2) is 9.42. The SMILES string of the molecule is COc1cc(-c2ccnc3c(C(=O)N[C@@H]4CN(C(C)=O)C[C@H]4O)c(C)[nH]c23)c(OCC2CC2)cc1F. The Balaban J connectivity index is 1.51. The lowest BCUT2D eigenvalue weighted by molar-refractivity contribution is -0.128. The van der Waals surface area contributed by atoms with E-state index < -0.39 is 23.9 Å². The molecule has 36 heavy (non-hydrogen) atoms. The average molecular weight is 497 g/mol. The summed E-state index contributed by atoms with van der Waals surface area (Å²) in [7, 11) is 1.40. The molecule has 3 heterocycles. The van der Waals surface area contributed by atoms with Crippen LogP contribution in [0.25, 0.3) is 22.2 Å². The Hall–Kier alpha value is -3.66. The van der Waals surface area contributed by atoms with E-state index in [1.165, 1.54) is 25.0 Å². The highest BCUT2D eigenvalue weighted by molar-refractivity contribution is 6.10. The van der Waals surface area contributed by atoms with Gasteiger partial charge in [-0.2, -0.15) is 0 Å². The van der Waals surface area contributed by atoms with Crippen molar-refractivity contribution in [1.82, 2.24) is 20.2 Å². The summed E-state index contributed by atoms with van der Waals surface area (Å²) in [5.74, 6) is -0.123. The van der Waals surface area contributed by atoms with E-state index in [9.17, 15) is 19.1 Å². The number of rotatable bonds is 7. The van der Waals surface area contributed by atoms with Gasteiger partial charge in [-0.25, -0.2) is 4.39 Å². The predicted molar refractivity (Wildman–Crippen MR) is 131 cm³/mol. The van der Waals surface area contributed by atoms with Gasteiger partial charge in [0.2, 0.25) is 5.91 Å². The fourth-order valence-electron chi connectivity index (χ4n) is 4.65. The van der Waals surface area contributed by atoms with Crippen LogP contribution in [-0.4, -0.2) is 70.7 Å². The molecule has 1 saturated carbocycles. The molecule has 0 bridgehead atoms. The Bertz CT molecular complexity index is 1340. The first-order valence-corrected chi connectivity index (χ1v) is 12.0. The lowest BCUT2D eigenvalue weighted by Gasteiger charge is -2.16. The molecular formula is C26H29FN4O5. The highest BCUT2D eigenvalue weighted by atomic mass is 19.1. The minimum absolute atomic E-state index is 0.0835. The topological polar surface area (TPSA) is 117 Å². The monoisotopic (exact) mass is 496 g/mol. The van der Waals surface area contributed by atoms with Gasteiger partial charge in [-0.05, 0) is 37.8 Å². The number of likely N-dealkylation sites (tertiary alicyclic amines) is 1. The number of ether oxygens (including phenoxy) is 2. The van der Waals surface area contributed by atoms with E-state index in [1.807, 2.05) is 0 Å². The minimum Gasteiger partial charge on any atom is -0.494 e. The number of aliphatic hydroxyl groups excluding tert-OH is 1. The summed E-state index contributed by atoms with van der Waals surface area (Å²) in [6, 6.07) is 4.11. The number of H-pyrrole nitrogens is 1. The van der Waals surface area contributed by atoms with Gasteiger partial charge >= 0.3 is 0 Å². The molecule has 2 amide bonds. The Kier molecular flexibility index (Phi) is 6.29. The number of aliphatic hydroxyl groups is 1. The van der Waals surface area contributed by atoms with Crippen molar-refractivity contribution in [3.8, 4) is 22.6 Å². The molecule has 3 aromatic rings. The number of aromatic amines is 1. The van der Waals surface area contributed by atoms with Crippen LogP contribution in [0.3, 0.4) is 0 Å². The summed E-state index contributed by atoms with van der Waals surface area (Å²) in [6.45, 7) is 4.11. The number of benzene rings is 1. The molecule has 0 radical (unpaired) electrons. The maximum Gasteiger partial charge on any atom is 0.255 e. The van der Waals surface area contributed by atoms with Crippen molar-refractivity contribution in [1.29, 1.82) is 0 Å². The molecular weight excluding hydrogens is 467 g/mol. The van der Waals surface area contributed by atoms with Crippen molar-refractivity contribution >= 4 is 22.8 Å². The second-order valence-corrected chi connectivity index (χ2v) is 9.52. The van der Waals surface area contributed by atoms with Crippen LogP contribution < -0.4 is 14.8 Å². The molecule has 2 aliphatic rings. The van der Waals surface area contributed by atoms with E-state index >= 15 is 0 Å². The smallest absolute Gasteiger partial charge is 0.255 e. The summed E-state index contributed by atoms with van der Waals surface area (Å²) < 4.78 is 25.8. The molecule has 2 fully saturated rings. The zero-order valence-corrected chi connectivity index (χ0v) is 20.4. The van der Waals surface area contributed by atoms with Crippen molar-refractivity contribution in [2.75, 3.05) is 26.8 Å². The van der Waals surface area contributed by atoms with Crippen LogP contribution in [0, 0.1) is 18.7 Å². The Morgan fingerprint density at radius 3 is 2.69 bits per heavy atom. The van der Waals surface area contributed by atoms with Crippen LogP contribution in [0.1, 0.15) is 35.8 Å². The summed E-state index contributed by atoms with van der Waals surface area (Å²) >= 11 is 0.